The van der Waals surface area contributed by atoms with E-state index in [1.807, 2.05) is 40.9 Å². The highest BCUT2D eigenvalue weighted by molar-refractivity contribution is 5.91. The third kappa shape index (κ3) is 2.49. The van der Waals surface area contributed by atoms with E-state index in [9.17, 15) is 5.26 Å². The van der Waals surface area contributed by atoms with Gasteiger partial charge in [-0.15, -0.1) is 0 Å². The van der Waals surface area contributed by atoms with Gasteiger partial charge in [-0.25, -0.2) is 9.97 Å². The molecule has 0 amide bonds. The first-order valence-electron chi connectivity index (χ1n) is 9.12. The molecule has 0 bridgehead atoms. The molecule has 0 spiro atoms. The van der Waals surface area contributed by atoms with Crippen LogP contribution in [0.1, 0.15) is 19.4 Å². The van der Waals surface area contributed by atoms with Gasteiger partial charge < -0.3 is 10.2 Å². The third-order valence-corrected chi connectivity index (χ3v) is 5.06. The molecule has 1 fully saturated rings. The second kappa shape index (κ2) is 5.89. The highest BCUT2D eigenvalue weighted by atomic mass is 15.3. The van der Waals surface area contributed by atoms with Crippen LogP contribution in [0.25, 0.3) is 27.7 Å². The van der Waals surface area contributed by atoms with Gasteiger partial charge in [0.05, 0.1) is 16.6 Å². The Morgan fingerprint density at radius 3 is 2.67 bits per heavy atom. The van der Waals surface area contributed by atoms with E-state index in [-0.39, 0.29) is 0 Å². The lowest BCUT2D eigenvalue weighted by Crippen LogP contribution is -2.54. The average molecular weight is 357 g/mol. The average Bonchev–Trinajstić information content (AvgIpc) is 3.06. The molecule has 5 rings (SSSR count). The maximum atomic E-state index is 9.58. The normalized spacial score (nSPS) is 20.4. The summed E-state index contributed by atoms with van der Waals surface area (Å²) >= 11 is 0. The smallest absolute Gasteiger partial charge is 0.227 e. The number of anilines is 1. The third-order valence-electron chi connectivity index (χ3n) is 5.06. The van der Waals surface area contributed by atoms with Gasteiger partial charge in [-0.05, 0) is 32.0 Å². The number of para-hydroxylation sites is 2. The number of benzene rings is 1. The Hall–Kier alpha value is -3.24. The van der Waals surface area contributed by atoms with E-state index < -0.39 is 0 Å². The molecule has 1 aliphatic rings. The Morgan fingerprint density at radius 1 is 1.11 bits per heavy atom. The maximum Gasteiger partial charge on any atom is 0.227 e. The number of aromatic nitrogens is 4. The fourth-order valence-corrected chi connectivity index (χ4v) is 4.02. The molecule has 3 aromatic heterocycles. The predicted octanol–water partition coefficient (Wildman–Crippen LogP) is 2.49. The molecule has 4 heterocycles. The van der Waals surface area contributed by atoms with Crippen LogP contribution >= 0.6 is 0 Å². The summed E-state index contributed by atoms with van der Waals surface area (Å²) in [4.78, 5) is 16.4. The molecule has 1 aromatic carbocycles. The summed E-state index contributed by atoms with van der Waals surface area (Å²) in [6.45, 7) is 6.06. The molecular weight excluding hydrogens is 338 g/mol. The summed E-state index contributed by atoms with van der Waals surface area (Å²) in [7, 11) is 0. The van der Waals surface area contributed by atoms with Gasteiger partial charge in [0.2, 0.25) is 5.95 Å². The molecule has 0 radical (unpaired) electrons. The number of fused-ring (bicyclic) bond motifs is 5. The van der Waals surface area contributed by atoms with Crippen LogP contribution in [-0.2, 0) is 0 Å². The molecule has 1 saturated heterocycles. The van der Waals surface area contributed by atoms with Crippen LogP contribution in [-0.4, -0.2) is 44.5 Å². The highest BCUT2D eigenvalue weighted by Gasteiger charge is 2.23. The SMILES string of the molecule is C[C@@H]1CN(c2ncc3cc(C#N)c4nc5ccccc5n4c3n2)C[C@H](C)N1. The quantitative estimate of drug-likeness (QED) is 0.564. The lowest BCUT2D eigenvalue weighted by molar-refractivity contribution is 0.403. The molecule has 134 valence electrons. The first kappa shape index (κ1) is 16.0. The van der Waals surface area contributed by atoms with Crippen molar-refractivity contribution in [2.45, 2.75) is 25.9 Å². The number of nitrogens with one attached hydrogen (secondary N) is 1. The van der Waals surface area contributed by atoms with E-state index >= 15 is 0 Å². The number of pyridine rings is 1. The number of piperazine rings is 1. The maximum absolute atomic E-state index is 9.58. The van der Waals surface area contributed by atoms with E-state index in [4.69, 9.17) is 4.98 Å². The van der Waals surface area contributed by atoms with Crippen LogP contribution in [0, 0.1) is 11.3 Å². The minimum absolute atomic E-state index is 0.378. The Balaban J connectivity index is 1.79. The van der Waals surface area contributed by atoms with Crippen molar-refractivity contribution in [2.24, 2.45) is 0 Å². The second-order valence-electron chi connectivity index (χ2n) is 7.25. The second-order valence-corrected chi connectivity index (χ2v) is 7.25. The number of imidazole rings is 1. The summed E-state index contributed by atoms with van der Waals surface area (Å²) in [5.74, 6) is 0.714. The van der Waals surface area contributed by atoms with Crippen LogP contribution in [0.5, 0.6) is 0 Å². The van der Waals surface area contributed by atoms with E-state index in [1.54, 1.807) is 0 Å². The molecule has 0 aliphatic carbocycles. The lowest BCUT2D eigenvalue weighted by Gasteiger charge is -2.36. The molecule has 0 saturated carbocycles. The van der Waals surface area contributed by atoms with Crippen molar-refractivity contribution < 1.29 is 0 Å². The zero-order chi connectivity index (χ0) is 18.5. The summed E-state index contributed by atoms with van der Waals surface area (Å²) in [6, 6.07) is 12.7. The summed E-state index contributed by atoms with van der Waals surface area (Å²) in [6.07, 6.45) is 1.81. The summed E-state index contributed by atoms with van der Waals surface area (Å²) < 4.78 is 1.98. The largest absolute Gasteiger partial charge is 0.338 e. The first-order valence-corrected chi connectivity index (χ1v) is 9.12. The predicted molar refractivity (Wildman–Crippen MR) is 105 cm³/mol. The van der Waals surface area contributed by atoms with Crippen LogP contribution in [0.4, 0.5) is 5.95 Å². The van der Waals surface area contributed by atoms with Gasteiger partial charge in [0.15, 0.2) is 11.3 Å². The van der Waals surface area contributed by atoms with Gasteiger partial charge in [0, 0.05) is 36.8 Å². The van der Waals surface area contributed by atoms with Crippen molar-refractivity contribution in [3.05, 3.63) is 42.1 Å². The van der Waals surface area contributed by atoms with Crippen molar-refractivity contribution in [3.63, 3.8) is 0 Å². The summed E-state index contributed by atoms with van der Waals surface area (Å²) in [5, 5.41) is 13.9. The van der Waals surface area contributed by atoms with Gasteiger partial charge in [0.25, 0.3) is 0 Å². The number of rotatable bonds is 1. The van der Waals surface area contributed by atoms with Crippen LogP contribution in [0.2, 0.25) is 0 Å². The standard InChI is InChI=1S/C20H19N7/c1-12-10-26(11-13(2)23-12)20-22-9-15-7-14(8-21)18-24-16-5-3-4-6-17(16)27(18)19(15)25-20/h3-7,9,12-13,23H,10-11H2,1-2H3/t12-,13+. The Labute approximate surface area is 156 Å². The molecule has 0 unspecified atom stereocenters. The van der Waals surface area contributed by atoms with E-state index in [0.717, 1.165) is 35.2 Å². The molecule has 2 atom stereocenters. The molecule has 7 nitrogen and oxygen atoms in total. The topological polar surface area (TPSA) is 82.1 Å². The number of nitrogens with zero attached hydrogens (tertiary/aromatic N) is 6. The Bertz CT molecular complexity index is 1210. The van der Waals surface area contributed by atoms with Gasteiger partial charge in [0.1, 0.15) is 6.07 Å². The van der Waals surface area contributed by atoms with Crippen LogP contribution in [0.15, 0.2) is 36.5 Å². The zero-order valence-electron chi connectivity index (χ0n) is 15.2. The van der Waals surface area contributed by atoms with E-state index in [1.165, 1.54) is 0 Å². The van der Waals surface area contributed by atoms with Gasteiger partial charge in [-0.3, -0.25) is 4.40 Å². The number of hydrogen-bond donors (Lipinski definition) is 1. The molecule has 1 aliphatic heterocycles. The van der Waals surface area contributed by atoms with Crippen molar-refractivity contribution >= 4 is 33.7 Å². The molecule has 1 N–H and O–H groups in total. The van der Waals surface area contributed by atoms with Crippen molar-refractivity contribution in [2.75, 3.05) is 18.0 Å². The van der Waals surface area contributed by atoms with E-state index in [2.05, 4.69) is 40.1 Å². The van der Waals surface area contributed by atoms with E-state index in [0.29, 0.717) is 29.2 Å². The van der Waals surface area contributed by atoms with Crippen molar-refractivity contribution in [1.29, 1.82) is 5.26 Å². The monoisotopic (exact) mass is 357 g/mol. The molecular formula is C20H19N7. The summed E-state index contributed by atoms with van der Waals surface area (Å²) in [5.41, 5.74) is 3.74. The van der Waals surface area contributed by atoms with Crippen LogP contribution < -0.4 is 10.2 Å². The van der Waals surface area contributed by atoms with Gasteiger partial charge >= 0.3 is 0 Å². The van der Waals surface area contributed by atoms with Gasteiger partial charge in [-0.1, -0.05) is 12.1 Å². The van der Waals surface area contributed by atoms with Crippen LogP contribution in [0.3, 0.4) is 0 Å². The van der Waals surface area contributed by atoms with Crippen molar-refractivity contribution in [1.82, 2.24) is 24.7 Å². The molecule has 7 heteroatoms. The minimum atomic E-state index is 0.378. The van der Waals surface area contributed by atoms with Gasteiger partial charge in [-0.2, -0.15) is 10.2 Å². The Kier molecular flexibility index (Phi) is 3.49. The molecule has 27 heavy (non-hydrogen) atoms. The fourth-order valence-electron chi connectivity index (χ4n) is 4.02. The number of hydrogen-bond acceptors (Lipinski definition) is 6. The van der Waals surface area contributed by atoms with Crippen molar-refractivity contribution in [3.8, 4) is 6.07 Å². The zero-order valence-corrected chi connectivity index (χ0v) is 15.2. The lowest BCUT2D eigenvalue weighted by atomic mass is 10.1. The number of nitriles is 1. The molecule has 4 aromatic rings. The minimum Gasteiger partial charge on any atom is -0.338 e. The fraction of sp³-hybridized carbons (Fsp3) is 0.300. The highest BCUT2D eigenvalue weighted by Crippen LogP contribution is 2.26. The first-order chi connectivity index (χ1) is 13.1. The Morgan fingerprint density at radius 2 is 1.89 bits per heavy atom.